The number of ketones is 1. The number of imidazole rings is 1. The molecule has 0 saturated heterocycles. The molecule has 1 heterocycles. The number of rotatable bonds is 2. The average Bonchev–Trinajstić information content (AvgIpc) is 2.31. The Morgan fingerprint density at radius 1 is 1.73 bits per heavy atom. The van der Waals surface area contributed by atoms with Crippen molar-refractivity contribution < 1.29 is 4.79 Å². The Morgan fingerprint density at radius 3 is 2.91 bits per heavy atom. The minimum absolute atomic E-state index is 0.0376. The molecular weight excluding hydrogens is 140 g/mol. The highest BCUT2D eigenvalue weighted by Gasteiger charge is 1.89. The molecule has 0 spiro atoms. The van der Waals surface area contributed by atoms with Crippen LogP contribution in [-0.2, 0) is 11.8 Å². The molecule has 0 aliphatic rings. The van der Waals surface area contributed by atoms with E-state index in [-0.39, 0.29) is 5.78 Å². The standard InChI is InChI=1S/C8H10N2O/c1-7(11)3-4-8-5-10(2)6-9-8/h3-6H,1-2H3/b4-3-. The fraction of sp³-hybridized carbons (Fsp3) is 0.250. The summed E-state index contributed by atoms with van der Waals surface area (Å²) in [4.78, 5) is 14.5. The van der Waals surface area contributed by atoms with Gasteiger partial charge in [-0.15, -0.1) is 0 Å². The van der Waals surface area contributed by atoms with Gasteiger partial charge in [-0.3, -0.25) is 4.79 Å². The highest BCUT2D eigenvalue weighted by Crippen LogP contribution is 1.96. The maximum absolute atomic E-state index is 10.5. The predicted octanol–water partition coefficient (Wildman–Crippen LogP) is 1.02. The molecule has 3 heteroatoms. The minimum Gasteiger partial charge on any atom is -0.340 e. The molecule has 0 amide bonds. The van der Waals surface area contributed by atoms with Crippen molar-refractivity contribution in [2.75, 3.05) is 0 Å². The summed E-state index contributed by atoms with van der Waals surface area (Å²) in [5.74, 6) is 0.0376. The monoisotopic (exact) mass is 150 g/mol. The first-order valence-electron chi connectivity index (χ1n) is 3.35. The molecule has 0 fully saturated rings. The highest BCUT2D eigenvalue weighted by atomic mass is 16.1. The molecular formula is C8H10N2O. The summed E-state index contributed by atoms with van der Waals surface area (Å²) in [6.07, 6.45) is 6.74. The van der Waals surface area contributed by atoms with Crippen LogP contribution in [0.15, 0.2) is 18.6 Å². The molecule has 1 aromatic rings. The molecule has 3 nitrogen and oxygen atoms in total. The number of nitrogens with zero attached hydrogens (tertiary/aromatic N) is 2. The zero-order valence-corrected chi connectivity index (χ0v) is 6.61. The van der Waals surface area contributed by atoms with Gasteiger partial charge in [-0.1, -0.05) is 0 Å². The third kappa shape index (κ3) is 2.37. The van der Waals surface area contributed by atoms with Crippen molar-refractivity contribution in [2.24, 2.45) is 7.05 Å². The van der Waals surface area contributed by atoms with Crippen LogP contribution in [0.5, 0.6) is 0 Å². The van der Waals surface area contributed by atoms with Gasteiger partial charge in [0.2, 0.25) is 0 Å². The first-order chi connectivity index (χ1) is 5.18. The van der Waals surface area contributed by atoms with E-state index in [0.29, 0.717) is 0 Å². The molecule has 58 valence electrons. The molecule has 1 rings (SSSR count). The smallest absolute Gasteiger partial charge is 0.152 e. The van der Waals surface area contributed by atoms with Crippen LogP contribution in [0.4, 0.5) is 0 Å². The van der Waals surface area contributed by atoms with Crippen molar-refractivity contribution in [2.45, 2.75) is 6.92 Å². The zero-order chi connectivity index (χ0) is 8.27. The Kier molecular flexibility index (Phi) is 2.21. The normalized spacial score (nSPS) is 10.7. The fourth-order valence-corrected chi connectivity index (χ4v) is 0.722. The van der Waals surface area contributed by atoms with Crippen LogP contribution >= 0.6 is 0 Å². The third-order valence-corrected chi connectivity index (χ3v) is 1.21. The second-order valence-corrected chi connectivity index (χ2v) is 2.41. The largest absolute Gasteiger partial charge is 0.340 e. The topological polar surface area (TPSA) is 34.9 Å². The Balaban J connectivity index is 2.71. The van der Waals surface area contributed by atoms with Crippen LogP contribution in [-0.4, -0.2) is 15.3 Å². The van der Waals surface area contributed by atoms with E-state index in [4.69, 9.17) is 0 Å². The van der Waals surface area contributed by atoms with Crippen molar-refractivity contribution in [3.8, 4) is 0 Å². The molecule has 1 aromatic heterocycles. The van der Waals surface area contributed by atoms with Gasteiger partial charge >= 0.3 is 0 Å². The van der Waals surface area contributed by atoms with E-state index >= 15 is 0 Å². The predicted molar refractivity (Wildman–Crippen MR) is 42.9 cm³/mol. The second-order valence-electron chi connectivity index (χ2n) is 2.41. The van der Waals surface area contributed by atoms with E-state index in [1.54, 1.807) is 12.4 Å². The van der Waals surface area contributed by atoms with Gasteiger partial charge in [-0.2, -0.15) is 0 Å². The fourth-order valence-electron chi connectivity index (χ4n) is 0.722. The molecule has 0 N–H and O–H groups in total. The van der Waals surface area contributed by atoms with Crippen LogP contribution in [0.1, 0.15) is 12.6 Å². The van der Waals surface area contributed by atoms with E-state index in [9.17, 15) is 4.79 Å². The molecule has 0 radical (unpaired) electrons. The van der Waals surface area contributed by atoms with Gasteiger partial charge in [0, 0.05) is 13.2 Å². The summed E-state index contributed by atoms with van der Waals surface area (Å²) in [6, 6.07) is 0. The van der Waals surface area contributed by atoms with E-state index in [1.165, 1.54) is 13.0 Å². The van der Waals surface area contributed by atoms with Crippen LogP contribution in [0.25, 0.3) is 6.08 Å². The number of aryl methyl sites for hydroxylation is 1. The Labute approximate surface area is 65.4 Å². The Bertz CT molecular complexity index is 286. The van der Waals surface area contributed by atoms with Crippen molar-refractivity contribution in [1.29, 1.82) is 0 Å². The summed E-state index contributed by atoms with van der Waals surface area (Å²) in [7, 11) is 1.89. The zero-order valence-electron chi connectivity index (χ0n) is 6.61. The third-order valence-electron chi connectivity index (χ3n) is 1.21. The molecule has 11 heavy (non-hydrogen) atoms. The van der Waals surface area contributed by atoms with Crippen molar-refractivity contribution in [3.05, 3.63) is 24.3 Å². The Hall–Kier alpha value is -1.38. The number of aromatic nitrogens is 2. The highest BCUT2D eigenvalue weighted by molar-refractivity contribution is 5.91. The van der Waals surface area contributed by atoms with Crippen LogP contribution in [0.3, 0.4) is 0 Å². The summed E-state index contributed by atoms with van der Waals surface area (Å²) in [5.41, 5.74) is 0.808. The lowest BCUT2D eigenvalue weighted by atomic mass is 10.3. The van der Waals surface area contributed by atoms with Crippen molar-refractivity contribution >= 4 is 11.9 Å². The number of carbonyl (C=O) groups is 1. The quantitative estimate of drug-likeness (QED) is 0.590. The lowest BCUT2D eigenvalue weighted by Crippen LogP contribution is -1.80. The van der Waals surface area contributed by atoms with Gasteiger partial charge < -0.3 is 4.57 Å². The number of hydrogen-bond acceptors (Lipinski definition) is 2. The SMILES string of the molecule is CC(=O)/C=C\c1cn(C)cn1. The van der Waals surface area contributed by atoms with Crippen LogP contribution in [0, 0.1) is 0 Å². The first kappa shape index (κ1) is 7.72. The van der Waals surface area contributed by atoms with Crippen molar-refractivity contribution in [3.63, 3.8) is 0 Å². The minimum atomic E-state index is 0.0376. The molecule has 0 atom stereocenters. The molecule has 0 unspecified atom stereocenters. The van der Waals surface area contributed by atoms with Gasteiger partial charge in [0.15, 0.2) is 5.78 Å². The second kappa shape index (κ2) is 3.14. The van der Waals surface area contributed by atoms with E-state index in [1.807, 2.05) is 17.8 Å². The number of carbonyl (C=O) groups excluding carboxylic acids is 1. The lowest BCUT2D eigenvalue weighted by molar-refractivity contribution is -0.112. The maximum Gasteiger partial charge on any atom is 0.152 e. The first-order valence-corrected chi connectivity index (χ1v) is 3.35. The molecule has 0 aliphatic carbocycles. The van der Waals surface area contributed by atoms with Crippen LogP contribution < -0.4 is 0 Å². The summed E-state index contributed by atoms with van der Waals surface area (Å²) < 4.78 is 1.83. The van der Waals surface area contributed by atoms with Gasteiger partial charge in [0.05, 0.1) is 12.0 Å². The number of hydrogen-bond donors (Lipinski definition) is 0. The van der Waals surface area contributed by atoms with Crippen molar-refractivity contribution in [1.82, 2.24) is 9.55 Å². The summed E-state index contributed by atoms with van der Waals surface area (Å²) in [6.45, 7) is 1.51. The molecule has 0 aromatic carbocycles. The average molecular weight is 150 g/mol. The van der Waals surface area contributed by atoms with E-state index in [2.05, 4.69) is 4.98 Å². The molecule has 0 saturated carbocycles. The van der Waals surface area contributed by atoms with Gasteiger partial charge in [-0.25, -0.2) is 4.98 Å². The van der Waals surface area contributed by atoms with Gasteiger partial charge in [0.25, 0.3) is 0 Å². The molecule has 0 bridgehead atoms. The van der Waals surface area contributed by atoms with Gasteiger partial charge in [0.1, 0.15) is 0 Å². The van der Waals surface area contributed by atoms with E-state index in [0.717, 1.165) is 5.69 Å². The van der Waals surface area contributed by atoms with Crippen LogP contribution in [0.2, 0.25) is 0 Å². The lowest BCUT2D eigenvalue weighted by Gasteiger charge is -1.81. The molecule has 0 aliphatic heterocycles. The Morgan fingerprint density at radius 2 is 2.45 bits per heavy atom. The summed E-state index contributed by atoms with van der Waals surface area (Å²) >= 11 is 0. The number of allylic oxidation sites excluding steroid dienone is 1. The van der Waals surface area contributed by atoms with E-state index < -0.39 is 0 Å². The summed E-state index contributed by atoms with van der Waals surface area (Å²) in [5, 5.41) is 0. The maximum atomic E-state index is 10.5. The van der Waals surface area contributed by atoms with Gasteiger partial charge in [-0.05, 0) is 19.1 Å².